The first kappa shape index (κ1) is 10.3. The van der Waals surface area contributed by atoms with E-state index in [1.807, 2.05) is 0 Å². The van der Waals surface area contributed by atoms with Crippen molar-refractivity contribution in [2.45, 2.75) is 12.5 Å². The summed E-state index contributed by atoms with van der Waals surface area (Å²) < 4.78 is 0. The van der Waals surface area contributed by atoms with Crippen molar-refractivity contribution < 1.29 is 20.1 Å². The van der Waals surface area contributed by atoms with Crippen molar-refractivity contribution in [3.05, 3.63) is 23.8 Å². The number of phenols is 2. The van der Waals surface area contributed by atoms with Gasteiger partial charge in [0.25, 0.3) is 0 Å². The van der Waals surface area contributed by atoms with E-state index in [9.17, 15) is 4.79 Å². The molecule has 0 unspecified atom stereocenters. The van der Waals surface area contributed by atoms with E-state index in [-0.39, 0.29) is 17.1 Å². The standard InChI is InChI=1S/C9H11NO4/c1-9(10,8(13)14)5-2-6(11)4-7(12)3-5/h2-4,11-12H,10H2,1H3,(H,13,14)/t9-/m0/s1. The van der Waals surface area contributed by atoms with E-state index in [0.717, 1.165) is 6.07 Å². The van der Waals surface area contributed by atoms with Crippen LogP contribution in [-0.2, 0) is 10.3 Å². The zero-order chi connectivity index (χ0) is 10.9. The van der Waals surface area contributed by atoms with Gasteiger partial charge in [0.1, 0.15) is 17.0 Å². The maximum atomic E-state index is 10.8. The molecule has 0 radical (unpaired) electrons. The topological polar surface area (TPSA) is 104 Å². The van der Waals surface area contributed by atoms with Crippen molar-refractivity contribution in [1.82, 2.24) is 0 Å². The lowest BCUT2D eigenvalue weighted by Gasteiger charge is -2.19. The minimum Gasteiger partial charge on any atom is -0.508 e. The number of hydrogen-bond acceptors (Lipinski definition) is 4. The molecule has 0 fully saturated rings. The van der Waals surface area contributed by atoms with Gasteiger partial charge in [0.05, 0.1) is 0 Å². The summed E-state index contributed by atoms with van der Waals surface area (Å²) >= 11 is 0. The predicted octanol–water partition coefficient (Wildman–Crippen LogP) is 0.356. The van der Waals surface area contributed by atoms with Gasteiger partial charge in [-0.2, -0.15) is 0 Å². The van der Waals surface area contributed by atoms with Crippen molar-refractivity contribution in [2.24, 2.45) is 5.73 Å². The van der Waals surface area contributed by atoms with Gasteiger partial charge < -0.3 is 21.1 Å². The molecule has 76 valence electrons. The van der Waals surface area contributed by atoms with E-state index < -0.39 is 11.5 Å². The van der Waals surface area contributed by atoms with E-state index in [1.165, 1.54) is 19.1 Å². The molecule has 0 aliphatic carbocycles. The summed E-state index contributed by atoms with van der Waals surface area (Å²) in [5, 5.41) is 27.0. The Hall–Kier alpha value is -1.75. The van der Waals surface area contributed by atoms with Crippen LogP contribution in [0.1, 0.15) is 12.5 Å². The summed E-state index contributed by atoms with van der Waals surface area (Å²) in [6.45, 7) is 1.28. The van der Waals surface area contributed by atoms with Crippen LogP contribution in [0.2, 0.25) is 0 Å². The number of carboxylic acids is 1. The quantitative estimate of drug-likeness (QED) is 0.548. The number of aliphatic carboxylic acids is 1. The molecule has 1 atom stereocenters. The van der Waals surface area contributed by atoms with Gasteiger partial charge in [-0.3, -0.25) is 0 Å². The molecule has 0 saturated heterocycles. The van der Waals surface area contributed by atoms with Gasteiger partial charge >= 0.3 is 5.97 Å². The van der Waals surface area contributed by atoms with E-state index in [4.69, 9.17) is 21.1 Å². The van der Waals surface area contributed by atoms with Crippen molar-refractivity contribution in [1.29, 1.82) is 0 Å². The fourth-order valence-electron chi connectivity index (χ4n) is 1.02. The summed E-state index contributed by atoms with van der Waals surface area (Å²) in [4.78, 5) is 10.8. The number of carboxylic acid groups (broad SMARTS) is 1. The zero-order valence-corrected chi connectivity index (χ0v) is 7.56. The van der Waals surface area contributed by atoms with Gasteiger partial charge in [-0.25, -0.2) is 4.79 Å². The highest BCUT2D eigenvalue weighted by atomic mass is 16.4. The number of rotatable bonds is 2. The molecule has 0 heterocycles. The molecule has 1 aromatic carbocycles. The van der Waals surface area contributed by atoms with Gasteiger partial charge in [0.15, 0.2) is 0 Å². The second-order valence-corrected chi connectivity index (χ2v) is 3.25. The molecule has 14 heavy (non-hydrogen) atoms. The lowest BCUT2D eigenvalue weighted by Crippen LogP contribution is -2.41. The third-order valence-electron chi connectivity index (χ3n) is 1.95. The Balaban J connectivity index is 3.25. The summed E-state index contributed by atoms with van der Waals surface area (Å²) in [7, 11) is 0. The van der Waals surface area contributed by atoms with Crippen LogP contribution in [-0.4, -0.2) is 21.3 Å². The number of benzene rings is 1. The first-order valence-corrected chi connectivity index (χ1v) is 3.90. The molecule has 0 spiro atoms. The molecular weight excluding hydrogens is 186 g/mol. The monoisotopic (exact) mass is 197 g/mol. The molecule has 1 aromatic rings. The third kappa shape index (κ3) is 1.77. The van der Waals surface area contributed by atoms with Crippen LogP contribution in [0.5, 0.6) is 11.5 Å². The predicted molar refractivity (Wildman–Crippen MR) is 48.9 cm³/mol. The van der Waals surface area contributed by atoms with Gasteiger partial charge in [0.2, 0.25) is 0 Å². The molecule has 5 nitrogen and oxygen atoms in total. The summed E-state index contributed by atoms with van der Waals surface area (Å²) in [5.74, 6) is -1.68. The lowest BCUT2D eigenvalue weighted by molar-refractivity contribution is -0.143. The SMILES string of the molecule is C[C@@](N)(C(=O)O)c1cc(O)cc(O)c1. The first-order chi connectivity index (χ1) is 6.34. The Morgan fingerprint density at radius 1 is 1.29 bits per heavy atom. The second-order valence-electron chi connectivity index (χ2n) is 3.25. The van der Waals surface area contributed by atoms with E-state index in [1.54, 1.807) is 0 Å². The second kappa shape index (κ2) is 3.19. The minimum absolute atomic E-state index is 0.141. The Morgan fingerprint density at radius 2 is 1.71 bits per heavy atom. The molecule has 0 amide bonds. The van der Waals surface area contributed by atoms with Crippen molar-refractivity contribution >= 4 is 5.97 Å². The van der Waals surface area contributed by atoms with Crippen LogP contribution in [0.3, 0.4) is 0 Å². The summed E-state index contributed by atoms with van der Waals surface area (Å²) in [5.41, 5.74) is 4.01. The molecule has 0 aliphatic heterocycles. The van der Waals surface area contributed by atoms with Gasteiger partial charge in [-0.1, -0.05) is 0 Å². The highest BCUT2D eigenvalue weighted by molar-refractivity contribution is 5.80. The molecule has 5 N–H and O–H groups in total. The van der Waals surface area contributed by atoms with Crippen LogP contribution in [0.4, 0.5) is 0 Å². The summed E-state index contributed by atoms with van der Waals surface area (Å²) in [6.07, 6.45) is 0. The minimum atomic E-state index is -1.63. The number of aromatic hydroxyl groups is 2. The third-order valence-corrected chi connectivity index (χ3v) is 1.95. The maximum Gasteiger partial charge on any atom is 0.328 e. The normalized spacial score (nSPS) is 14.7. The van der Waals surface area contributed by atoms with E-state index in [0.29, 0.717) is 0 Å². The van der Waals surface area contributed by atoms with Gasteiger partial charge in [0, 0.05) is 6.07 Å². The number of phenolic OH excluding ortho intramolecular Hbond substituents is 2. The Labute approximate surface area is 80.4 Å². The highest BCUT2D eigenvalue weighted by Gasteiger charge is 2.30. The highest BCUT2D eigenvalue weighted by Crippen LogP contribution is 2.27. The Morgan fingerprint density at radius 3 is 2.07 bits per heavy atom. The zero-order valence-electron chi connectivity index (χ0n) is 7.56. The van der Waals surface area contributed by atoms with Crippen LogP contribution in [0.15, 0.2) is 18.2 Å². The Kier molecular flexibility index (Phi) is 2.35. The number of nitrogens with two attached hydrogens (primary N) is 1. The van der Waals surface area contributed by atoms with Crippen LogP contribution >= 0.6 is 0 Å². The van der Waals surface area contributed by atoms with E-state index in [2.05, 4.69) is 0 Å². The number of hydrogen-bond donors (Lipinski definition) is 4. The van der Waals surface area contributed by atoms with Gasteiger partial charge in [-0.05, 0) is 24.6 Å². The molecule has 1 rings (SSSR count). The van der Waals surface area contributed by atoms with Crippen LogP contribution in [0, 0.1) is 0 Å². The van der Waals surface area contributed by atoms with Gasteiger partial charge in [-0.15, -0.1) is 0 Å². The first-order valence-electron chi connectivity index (χ1n) is 3.90. The van der Waals surface area contributed by atoms with Crippen LogP contribution < -0.4 is 5.73 Å². The molecule has 0 aromatic heterocycles. The summed E-state index contributed by atoms with van der Waals surface area (Å²) in [6, 6.07) is 3.50. The van der Waals surface area contributed by atoms with Crippen molar-refractivity contribution in [3.8, 4) is 11.5 Å². The maximum absolute atomic E-state index is 10.8. The van der Waals surface area contributed by atoms with Crippen molar-refractivity contribution in [2.75, 3.05) is 0 Å². The molecule has 5 heteroatoms. The Bertz CT molecular complexity index is 353. The fourth-order valence-corrected chi connectivity index (χ4v) is 1.02. The largest absolute Gasteiger partial charge is 0.508 e. The van der Waals surface area contributed by atoms with E-state index >= 15 is 0 Å². The average Bonchev–Trinajstić information content (AvgIpc) is 2.01. The molecule has 0 saturated carbocycles. The fraction of sp³-hybridized carbons (Fsp3) is 0.222. The van der Waals surface area contributed by atoms with Crippen LogP contribution in [0.25, 0.3) is 0 Å². The lowest BCUT2D eigenvalue weighted by atomic mass is 9.93. The molecular formula is C9H11NO4. The molecule has 0 aliphatic rings. The average molecular weight is 197 g/mol. The molecule has 0 bridgehead atoms. The van der Waals surface area contributed by atoms with Crippen molar-refractivity contribution in [3.63, 3.8) is 0 Å². The smallest absolute Gasteiger partial charge is 0.328 e. The number of carbonyl (C=O) groups is 1.